The zero-order chi connectivity index (χ0) is 18.5. The van der Waals surface area contributed by atoms with Crippen molar-refractivity contribution >= 4 is 17.6 Å². The van der Waals surface area contributed by atoms with Crippen molar-refractivity contribution in [1.29, 1.82) is 0 Å². The molecule has 3 heterocycles. The van der Waals surface area contributed by atoms with Gasteiger partial charge < -0.3 is 15.3 Å². The zero-order valence-corrected chi connectivity index (χ0v) is 15.5. The van der Waals surface area contributed by atoms with Crippen molar-refractivity contribution < 1.29 is 14.7 Å². The smallest absolute Gasteiger partial charge is 0.322 e. The van der Waals surface area contributed by atoms with Gasteiger partial charge >= 0.3 is 6.03 Å². The number of urea groups is 1. The number of carbonyl (C=O) groups is 2. The van der Waals surface area contributed by atoms with E-state index in [2.05, 4.69) is 12.2 Å². The number of hydrogen-bond acceptors (Lipinski definition) is 3. The summed E-state index contributed by atoms with van der Waals surface area (Å²) in [5.41, 5.74) is 2.27. The summed E-state index contributed by atoms with van der Waals surface area (Å²) >= 11 is 0. The number of anilines is 1. The molecule has 3 amide bonds. The topological polar surface area (TPSA) is 72.9 Å². The van der Waals surface area contributed by atoms with Crippen LogP contribution in [0.25, 0.3) is 0 Å². The fourth-order valence-corrected chi connectivity index (χ4v) is 5.14. The molecule has 0 aliphatic carbocycles. The van der Waals surface area contributed by atoms with E-state index in [9.17, 15) is 14.7 Å². The van der Waals surface area contributed by atoms with Gasteiger partial charge in [0.1, 0.15) is 0 Å². The second-order valence-electron chi connectivity index (χ2n) is 7.92. The van der Waals surface area contributed by atoms with Crippen molar-refractivity contribution in [3.63, 3.8) is 0 Å². The molecule has 1 aromatic carbocycles. The SMILES string of the molecule is CC[C@]1(CO)C[C@H]2CC[C@@H]1N2C(=O)c1ccc(C)c(N2CCNC2=O)c1. The van der Waals surface area contributed by atoms with E-state index in [0.29, 0.717) is 18.7 Å². The molecule has 0 spiro atoms. The minimum atomic E-state index is -0.152. The summed E-state index contributed by atoms with van der Waals surface area (Å²) in [6.07, 6.45) is 3.77. The van der Waals surface area contributed by atoms with Crippen molar-refractivity contribution in [3.05, 3.63) is 29.3 Å². The minimum absolute atomic E-state index is 0.0298. The second-order valence-corrected chi connectivity index (χ2v) is 7.92. The highest BCUT2D eigenvalue weighted by Crippen LogP contribution is 2.51. The van der Waals surface area contributed by atoms with Crippen LogP contribution in [0.1, 0.15) is 48.5 Å². The van der Waals surface area contributed by atoms with Crippen LogP contribution in [-0.2, 0) is 0 Å². The molecule has 26 heavy (non-hydrogen) atoms. The lowest BCUT2D eigenvalue weighted by Gasteiger charge is -2.34. The van der Waals surface area contributed by atoms with Crippen LogP contribution in [0.3, 0.4) is 0 Å². The van der Waals surface area contributed by atoms with Gasteiger partial charge in [0.25, 0.3) is 5.91 Å². The van der Waals surface area contributed by atoms with Crippen molar-refractivity contribution in [1.82, 2.24) is 10.2 Å². The third-order valence-electron chi connectivity index (χ3n) is 6.71. The second kappa shape index (κ2) is 6.27. The molecular weight excluding hydrogens is 330 g/mol. The fraction of sp³-hybridized carbons (Fsp3) is 0.600. The first-order valence-corrected chi connectivity index (χ1v) is 9.60. The van der Waals surface area contributed by atoms with E-state index in [-0.39, 0.29) is 36.0 Å². The minimum Gasteiger partial charge on any atom is -0.396 e. The lowest BCUT2D eigenvalue weighted by atomic mass is 9.72. The molecule has 140 valence electrons. The average Bonchev–Trinajstić information content (AvgIpc) is 3.34. The molecule has 0 aromatic heterocycles. The van der Waals surface area contributed by atoms with E-state index in [4.69, 9.17) is 0 Å². The monoisotopic (exact) mass is 357 g/mol. The number of fused-ring (bicyclic) bond motifs is 2. The van der Waals surface area contributed by atoms with Crippen molar-refractivity contribution in [2.75, 3.05) is 24.6 Å². The Labute approximate surface area is 154 Å². The van der Waals surface area contributed by atoms with Crippen LogP contribution in [0.15, 0.2) is 18.2 Å². The average molecular weight is 357 g/mol. The Kier molecular flexibility index (Phi) is 4.18. The van der Waals surface area contributed by atoms with Crippen LogP contribution >= 0.6 is 0 Å². The summed E-state index contributed by atoms with van der Waals surface area (Å²) in [5.74, 6) is 0.0298. The fourth-order valence-electron chi connectivity index (χ4n) is 5.14. The molecular formula is C20H27N3O3. The molecule has 6 nitrogen and oxygen atoms in total. The molecule has 0 radical (unpaired) electrons. The van der Waals surface area contributed by atoms with Gasteiger partial charge in [-0.05, 0) is 50.3 Å². The largest absolute Gasteiger partial charge is 0.396 e. The van der Waals surface area contributed by atoms with Crippen LogP contribution in [-0.4, -0.2) is 53.7 Å². The third kappa shape index (κ3) is 2.42. The Bertz CT molecular complexity index is 744. The van der Waals surface area contributed by atoms with Gasteiger partial charge in [0.2, 0.25) is 0 Å². The summed E-state index contributed by atoms with van der Waals surface area (Å²) < 4.78 is 0. The third-order valence-corrected chi connectivity index (χ3v) is 6.71. The van der Waals surface area contributed by atoms with Gasteiger partial charge in [0.05, 0.1) is 6.61 Å². The number of aryl methyl sites for hydroxylation is 1. The predicted molar refractivity (Wildman–Crippen MR) is 99.3 cm³/mol. The van der Waals surface area contributed by atoms with Gasteiger partial charge in [-0.15, -0.1) is 0 Å². The number of hydrogen-bond donors (Lipinski definition) is 2. The van der Waals surface area contributed by atoms with Gasteiger partial charge in [-0.25, -0.2) is 4.79 Å². The standard InChI is InChI=1S/C20H27N3O3/c1-3-20(12-24)11-15-6-7-17(20)23(15)18(25)14-5-4-13(2)16(10-14)22-9-8-21-19(22)26/h4-5,10,15,17,24H,3,6-9,11-12H2,1-2H3,(H,21,26)/t15-,17+,20-/m1/s1. The molecule has 3 fully saturated rings. The molecule has 1 aromatic rings. The number of aliphatic hydroxyl groups excluding tert-OH is 1. The quantitative estimate of drug-likeness (QED) is 0.868. The highest BCUT2D eigenvalue weighted by molar-refractivity contribution is 5.99. The van der Waals surface area contributed by atoms with Crippen molar-refractivity contribution in [2.24, 2.45) is 5.41 Å². The Morgan fingerprint density at radius 3 is 2.81 bits per heavy atom. The molecule has 4 rings (SSSR count). The van der Waals surface area contributed by atoms with Crippen LogP contribution in [0.4, 0.5) is 10.5 Å². The molecule has 3 atom stereocenters. The van der Waals surface area contributed by atoms with Crippen molar-refractivity contribution in [3.8, 4) is 0 Å². The first-order valence-electron chi connectivity index (χ1n) is 9.60. The summed E-state index contributed by atoms with van der Waals surface area (Å²) in [7, 11) is 0. The number of carbonyl (C=O) groups excluding carboxylic acids is 2. The van der Waals surface area contributed by atoms with Gasteiger partial charge in [0, 0.05) is 41.8 Å². The van der Waals surface area contributed by atoms with Gasteiger partial charge in [0.15, 0.2) is 0 Å². The van der Waals surface area contributed by atoms with Gasteiger partial charge in [-0.3, -0.25) is 9.69 Å². The predicted octanol–water partition coefficient (Wildman–Crippen LogP) is 2.29. The maximum atomic E-state index is 13.3. The first kappa shape index (κ1) is 17.3. The molecule has 2 N–H and O–H groups in total. The Balaban J connectivity index is 1.64. The normalized spacial score (nSPS) is 30.2. The Hall–Kier alpha value is -2.08. The van der Waals surface area contributed by atoms with E-state index >= 15 is 0 Å². The van der Waals surface area contributed by atoms with Crippen molar-refractivity contribution in [2.45, 2.75) is 51.6 Å². The van der Waals surface area contributed by atoms with E-state index in [1.54, 1.807) is 4.90 Å². The molecule has 0 saturated carbocycles. The Morgan fingerprint density at radius 2 is 2.19 bits per heavy atom. The number of rotatable bonds is 4. The molecule has 3 aliphatic heterocycles. The lowest BCUT2D eigenvalue weighted by molar-refractivity contribution is 0.0557. The molecule has 2 bridgehead atoms. The van der Waals surface area contributed by atoms with Gasteiger partial charge in [-0.2, -0.15) is 0 Å². The summed E-state index contributed by atoms with van der Waals surface area (Å²) in [4.78, 5) is 29.1. The maximum absolute atomic E-state index is 13.3. The Morgan fingerprint density at radius 1 is 1.38 bits per heavy atom. The summed E-state index contributed by atoms with van der Waals surface area (Å²) in [5, 5.41) is 12.8. The lowest BCUT2D eigenvalue weighted by Crippen LogP contribution is -2.42. The summed E-state index contributed by atoms with van der Waals surface area (Å²) in [6, 6.07) is 5.87. The van der Waals surface area contributed by atoms with Gasteiger partial charge in [-0.1, -0.05) is 13.0 Å². The number of nitrogens with one attached hydrogen (secondary N) is 1. The van der Waals surface area contributed by atoms with Crippen LogP contribution in [0.2, 0.25) is 0 Å². The maximum Gasteiger partial charge on any atom is 0.322 e. The molecule has 3 saturated heterocycles. The highest BCUT2D eigenvalue weighted by Gasteiger charge is 2.56. The number of amides is 3. The van der Waals surface area contributed by atoms with Crippen LogP contribution < -0.4 is 10.2 Å². The van der Waals surface area contributed by atoms with E-state index in [0.717, 1.165) is 36.9 Å². The van der Waals surface area contributed by atoms with Crippen LogP contribution in [0.5, 0.6) is 0 Å². The first-order chi connectivity index (χ1) is 12.5. The number of nitrogens with zero attached hydrogens (tertiary/aromatic N) is 2. The zero-order valence-electron chi connectivity index (χ0n) is 15.5. The summed E-state index contributed by atoms with van der Waals surface area (Å²) in [6.45, 7) is 5.46. The van der Waals surface area contributed by atoms with E-state index in [1.165, 1.54) is 0 Å². The highest BCUT2D eigenvalue weighted by atomic mass is 16.3. The molecule has 6 heteroatoms. The number of benzene rings is 1. The molecule has 0 unspecified atom stereocenters. The number of aliphatic hydroxyl groups is 1. The molecule has 3 aliphatic rings. The van der Waals surface area contributed by atoms with E-state index in [1.807, 2.05) is 30.0 Å². The van der Waals surface area contributed by atoms with Crippen LogP contribution in [0, 0.1) is 12.3 Å². The van der Waals surface area contributed by atoms with E-state index < -0.39 is 0 Å².